The number of carbonyl (C=O) groups is 4. The van der Waals surface area contributed by atoms with Crippen molar-refractivity contribution in [1.29, 1.82) is 0 Å². The number of ether oxygens (including phenoxy) is 5. The first kappa shape index (κ1) is 30.8. The van der Waals surface area contributed by atoms with E-state index in [9.17, 15) is 23.6 Å². The maximum Gasteiger partial charge on any atom is 0.305 e. The van der Waals surface area contributed by atoms with Crippen molar-refractivity contribution in [3.8, 4) is 10.4 Å². The highest BCUT2D eigenvalue weighted by Crippen LogP contribution is 2.39. The Labute approximate surface area is 245 Å². The Hall–Kier alpha value is -4.16. The highest BCUT2D eigenvalue weighted by Gasteiger charge is 2.53. The third-order valence-electron chi connectivity index (χ3n) is 6.42. The van der Waals surface area contributed by atoms with E-state index in [2.05, 4.69) is 4.98 Å². The highest BCUT2D eigenvalue weighted by molar-refractivity contribution is 7.15. The van der Waals surface area contributed by atoms with E-state index in [1.807, 2.05) is 31.2 Å². The van der Waals surface area contributed by atoms with Crippen LogP contribution in [-0.4, -0.2) is 53.5 Å². The molecule has 0 radical (unpaired) electrons. The average molecular weight is 600 g/mol. The fourth-order valence-corrected chi connectivity index (χ4v) is 5.72. The molecular formula is C30H30FNO9S. The van der Waals surface area contributed by atoms with Gasteiger partial charge in [0.05, 0.1) is 0 Å². The van der Waals surface area contributed by atoms with Gasteiger partial charge in [0.25, 0.3) is 0 Å². The Morgan fingerprint density at radius 2 is 1.48 bits per heavy atom. The molecule has 1 aliphatic rings. The number of carbonyl (C=O) groups excluding carboxylic acids is 4. The van der Waals surface area contributed by atoms with Crippen molar-refractivity contribution in [2.24, 2.45) is 0 Å². The number of pyridine rings is 1. The lowest BCUT2D eigenvalue weighted by Crippen LogP contribution is -2.59. The molecule has 3 heterocycles. The predicted molar refractivity (Wildman–Crippen MR) is 148 cm³/mol. The fraction of sp³-hybridized carbons (Fsp3) is 0.367. The maximum atomic E-state index is 13.3. The van der Waals surface area contributed by atoms with E-state index < -0.39 is 60.5 Å². The van der Waals surface area contributed by atoms with E-state index in [1.54, 1.807) is 12.1 Å². The fourth-order valence-electron chi connectivity index (χ4n) is 4.70. The SMILES string of the molecule is CC(=O)OC1[C@@H](OC(C)=O)C(c2ccc(C)c(Cc3ccc(-c4ccc(F)nc4)s3)c2)O[C@H](OC(C)=O)[C@H]1OC(C)=O. The van der Waals surface area contributed by atoms with Crippen LogP contribution in [0.4, 0.5) is 4.39 Å². The summed E-state index contributed by atoms with van der Waals surface area (Å²) in [6.45, 7) is 6.58. The van der Waals surface area contributed by atoms with Gasteiger partial charge in [-0.05, 0) is 47.9 Å². The molecule has 10 nitrogen and oxygen atoms in total. The second-order valence-electron chi connectivity index (χ2n) is 9.75. The van der Waals surface area contributed by atoms with Crippen LogP contribution in [0.1, 0.15) is 55.4 Å². The van der Waals surface area contributed by atoms with E-state index in [0.29, 0.717) is 12.0 Å². The van der Waals surface area contributed by atoms with E-state index >= 15 is 0 Å². The molecule has 12 heteroatoms. The number of rotatable bonds is 8. The van der Waals surface area contributed by atoms with Crippen molar-refractivity contribution in [2.45, 2.75) is 71.7 Å². The minimum atomic E-state index is -1.46. The third-order valence-corrected chi connectivity index (χ3v) is 7.56. The van der Waals surface area contributed by atoms with Gasteiger partial charge in [-0.1, -0.05) is 18.2 Å². The van der Waals surface area contributed by atoms with Gasteiger partial charge < -0.3 is 23.7 Å². The highest BCUT2D eigenvalue weighted by atomic mass is 32.1. The van der Waals surface area contributed by atoms with Gasteiger partial charge >= 0.3 is 23.9 Å². The first-order valence-electron chi connectivity index (χ1n) is 13.1. The summed E-state index contributed by atoms with van der Waals surface area (Å²) in [4.78, 5) is 53.8. The van der Waals surface area contributed by atoms with Gasteiger partial charge in [0.2, 0.25) is 18.3 Å². The zero-order valence-corrected chi connectivity index (χ0v) is 24.4. The lowest BCUT2D eigenvalue weighted by atomic mass is 9.90. The molecule has 1 aliphatic heterocycles. The van der Waals surface area contributed by atoms with Crippen LogP contribution in [0.3, 0.4) is 0 Å². The molecule has 1 saturated heterocycles. The van der Waals surface area contributed by atoms with E-state index in [-0.39, 0.29) is 0 Å². The summed E-state index contributed by atoms with van der Waals surface area (Å²) in [6, 6.07) is 12.4. The molecule has 222 valence electrons. The Morgan fingerprint density at radius 3 is 2.10 bits per heavy atom. The smallest absolute Gasteiger partial charge is 0.305 e. The Balaban J connectivity index is 1.70. The predicted octanol–water partition coefficient (Wildman–Crippen LogP) is 4.60. The number of nitrogens with zero attached hydrogens (tertiary/aromatic N) is 1. The van der Waals surface area contributed by atoms with Gasteiger partial charge in [0.1, 0.15) is 6.10 Å². The summed E-state index contributed by atoms with van der Waals surface area (Å²) in [5, 5.41) is 0. The molecule has 1 aromatic carbocycles. The summed E-state index contributed by atoms with van der Waals surface area (Å²) in [5.41, 5.74) is 3.26. The normalized spacial score (nSPS) is 21.7. The van der Waals surface area contributed by atoms with E-state index in [1.165, 1.54) is 30.5 Å². The van der Waals surface area contributed by atoms with Crippen LogP contribution in [0.15, 0.2) is 48.7 Å². The molecular weight excluding hydrogens is 569 g/mol. The molecule has 3 aromatic rings. The minimum absolute atomic E-state index is 0.542. The molecule has 2 unspecified atom stereocenters. The average Bonchev–Trinajstić information content (AvgIpc) is 3.36. The molecule has 0 N–H and O–H groups in total. The molecule has 2 aromatic heterocycles. The lowest BCUT2D eigenvalue weighted by molar-refractivity contribution is -0.298. The number of esters is 4. The zero-order valence-electron chi connectivity index (χ0n) is 23.6. The molecule has 0 saturated carbocycles. The van der Waals surface area contributed by atoms with E-state index in [0.717, 1.165) is 47.2 Å². The van der Waals surface area contributed by atoms with E-state index in [4.69, 9.17) is 23.7 Å². The van der Waals surface area contributed by atoms with Gasteiger partial charge in [0.15, 0.2) is 12.2 Å². The zero-order chi connectivity index (χ0) is 30.6. The number of hydrogen-bond acceptors (Lipinski definition) is 11. The standard InChI is InChI=1S/C30H30FNO9S/c1-15-6-7-20(12-22(15)13-23-9-10-24(42-23)21-8-11-25(31)32-14-21)26-27(37-16(2)33)28(38-17(3)34)29(39-18(4)35)30(41-26)40-19(5)36/h6-12,14,26-30H,13H2,1-5H3/t26?,27-,28?,29-,30-/m0/s1. The Bertz CT molecular complexity index is 1470. The topological polar surface area (TPSA) is 127 Å². The number of aromatic nitrogens is 1. The van der Waals surface area contributed by atoms with Crippen molar-refractivity contribution >= 4 is 35.2 Å². The number of halogens is 1. The van der Waals surface area contributed by atoms with Crippen molar-refractivity contribution in [2.75, 3.05) is 0 Å². The molecule has 0 bridgehead atoms. The van der Waals surface area contributed by atoms with Crippen LogP contribution in [0.5, 0.6) is 0 Å². The maximum absolute atomic E-state index is 13.3. The van der Waals surface area contributed by atoms with Gasteiger partial charge in [-0.2, -0.15) is 4.39 Å². The Morgan fingerprint density at radius 1 is 0.833 bits per heavy atom. The van der Waals surface area contributed by atoms with Crippen molar-refractivity contribution in [3.63, 3.8) is 0 Å². The number of aryl methyl sites for hydroxylation is 1. The number of hydrogen-bond donors (Lipinski definition) is 0. The van der Waals surface area contributed by atoms with Crippen LogP contribution < -0.4 is 0 Å². The van der Waals surface area contributed by atoms with Crippen molar-refractivity contribution in [3.05, 3.63) is 76.2 Å². The van der Waals surface area contributed by atoms with Gasteiger partial charge in [-0.15, -0.1) is 11.3 Å². The molecule has 5 atom stereocenters. The summed E-state index contributed by atoms with van der Waals surface area (Å²) >= 11 is 1.54. The number of benzene rings is 1. The molecule has 42 heavy (non-hydrogen) atoms. The van der Waals surface area contributed by atoms with Crippen LogP contribution in [0.2, 0.25) is 0 Å². The van der Waals surface area contributed by atoms with Crippen molar-refractivity contribution < 1.29 is 47.3 Å². The monoisotopic (exact) mass is 599 g/mol. The lowest BCUT2D eigenvalue weighted by Gasteiger charge is -2.44. The van der Waals surface area contributed by atoms with Gasteiger partial charge in [0, 0.05) is 55.6 Å². The van der Waals surface area contributed by atoms with Crippen LogP contribution >= 0.6 is 11.3 Å². The summed E-state index contributed by atoms with van der Waals surface area (Å²) in [7, 11) is 0. The summed E-state index contributed by atoms with van der Waals surface area (Å²) in [6.07, 6.45) is -4.47. The van der Waals surface area contributed by atoms with Crippen molar-refractivity contribution in [1.82, 2.24) is 4.98 Å². The molecule has 0 amide bonds. The van der Waals surface area contributed by atoms with Gasteiger partial charge in [-0.25, -0.2) is 4.98 Å². The molecule has 4 rings (SSSR count). The largest absolute Gasteiger partial charge is 0.455 e. The summed E-state index contributed by atoms with van der Waals surface area (Å²) < 4.78 is 41.1. The first-order valence-corrected chi connectivity index (χ1v) is 13.9. The second-order valence-corrected chi connectivity index (χ2v) is 10.9. The van der Waals surface area contributed by atoms with Gasteiger partial charge in [-0.3, -0.25) is 19.2 Å². The van der Waals surface area contributed by atoms with Crippen LogP contribution in [0, 0.1) is 12.9 Å². The minimum Gasteiger partial charge on any atom is -0.455 e. The summed E-state index contributed by atoms with van der Waals surface area (Å²) in [5.74, 6) is -3.44. The second kappa shape index (κ2) is 13.2. The quantitative estimate of drug-likeness (QED) is 0.206. The number of thiophene rings is 1. The third kappa shape index (κ3) is 7.56. The first-order chi connectivity index (χ1) is 19.9. The van der Waals surface area contributed by atoms with Crippen LogP contribution in [-0.2, 0) is 49.3 Å². The molecule has 0 spiro atoms. The van der Waals surface area contributed by atoms with Crippen LogP contribution in [0.25, 0.3) is 10.4 Å². The molecule has 1 fully saturated rings. The Kier molecular flexibility index (Phi) is 9.69. The molecule has 0 aliphatic carbocycles.